The van der Waals surface area contributed by atoms with Gasteiger partial charge in [0.1, 0.15) is 11.6 Å². The molecule has 0 bridgehead atoms. The molecule has 3 rings (SSSR count). The molecule has 0 N–H and O–H groups in total. The van der Waals surface area contributed by atoms with Crippen molar-refractivity contribution in [2.45, 2.75) is 45.7 Å². The minimum atomic E-state index is -0.0647. The Morgan fingerprint density at radius 3 is 3.00 bits per heavy atom. The number of hydrogen-bond donors (Lipinski definition) is 0. The summed E-state index contributed by atoms with van der Waals surface area (Å²) in [5.41, 5.74) is 0.853. The molecular formula is C19H26FN3. The van der Waals surface area contributed by atoms with E-state index >= 15 is 0 Å². The highest BCUT2D eigenvalue weighted by Crippen LogP contribution is 2.23. The van der Waals surface area contributed by atoms with Crippen LogP contribution in [0.4, 0.5) is 4.39 Å². The lowest BCUT2D eigenvalue weighted by Crippen LogP contribution is -2.35. The average Bonchev–Trinajstić information content (AvgIpc) is 3.02. The molecule has 0 amide bonds. The Morgan fingerprint density at radius 2 is 2.17 bits per heavy atom. The third-order valence-electron chi connectivity index (χ3n) is 4.89. The summed E-state index contributed by atoms with van der Waals surface area (Å²) in [6.07, 6.45) is 8.34. The van der Waals surface area contributed by atoms with Gasteiger partial charge in [-0.1, -0.05) is 18.2 Å². The first-order valence-electron chi connectivity index (χ1n) is 8.72. The van der Waals surface area contributed by atoms with Crippen molar-refractivity contribution < 1.29 is 4.39 Å². The molecule has 0 spiro atoms. The van der Waals surface area contributed by atoms with E-state index in [1.165, 1.54) is 12.8 Å². The van der Waals surface area contributed by atoms with Crippen LogP contribution in [-0.2, 0) is 19.5 Å². The van der Waals surface area contributed by atoms with Crippen molar-refractivity contribution in [3.63, 3.8) is 0 Å². The predicted octanol–water partition coefficient (Wildman–Crippen LogP) is 3.89. The van der Waals surface area contributed by atoms with E-state index in [-0.39, 0.29) is 5.82 Å². The normalized spacial score (nSPS) is 19.1. The topological polar surface area (TPSA) is 21.1 Å². The predicted molar refractivity (Wildman–Crippen MR) is 90.6 cm³/mol. The molecule has 1 fully saturated rings. The first-order chi connectivity index (χ1) is 11.3. The van der Waals surface area contributed by atoms with Gasteiger partial charge in [-0.2, -0.15) is 0 Å². The second kappa shape index (κ2) is 7.73. The summed E-state index contributed by atoms with van der Waals surface area (Å²) in [5, 5.41) is 0. The zero-order valence-corrected chi connectivity index (χ0v) is 13.9. The molecule has 0 radical (unpaired) electrons. The molecule has 1 aromatic carbocycles. The van der Waals surface area contributed by atoms with Gasteiger partial charge in [-0.3, -0.25) is 4.90 Å². The van der Waals surface area contributed by atoms with Gasteiger partial charge in [-0.05, 0) is 56.7 Å². The fraction of sp³-hybridized carbons (Fsp3) is 0.526. The number of nitrogens with zero attached hydrogens (tertiary/aromatic N) is 3. The minimum absolute atomic E-state index is 0.0647. The third-order valence-corrected chi connectivity index (χ3v) is 4.89. The van der Waals surface area contributed by atoms with Gasteiger partial charge in [0.25, 0.3) is 0 Å². The lowest BCUT2D eigenvalue weighted by atomic mass is 9.91. The Morgan fingerprint density at radius 1 is 1.30 bits per heavy atom. The Balaban J connectivity index is 1.53. The van der Waals surface area contributed by atoms with E-state index in [1.807, 2.05) is 18.3 Å². The molecule has 1 aliphatic heterocycles. The molecule has 2 aromatic rings. The van der Waals surface area contributed by atoms with E-state index in [2.05, 4.69) is 27.6 Å². The number of aryl methyl sites for hydroxylation is 2. The van der Waals surface area contributed by atoms with E-state index in [4.69, 9.17) is 0 Å². The Hall–Kier alpha value is -1.68. The lowest BCUT2D eigenvalue weighted by molar-refractivity contribution is 0.157. The fourth-order valence-electron chi connectivity index (χ4n) is 3.57. The van der Waals surface area contributed by atoms with Crippen LogP contribution in [0.1, 0.15) is 37.6 Å². The van der Waals surface area contributed by atoms with Gasteiger partial charge < -0.3 is 4.57 Å². The van der Waals surface area contributed by atoms with Crippen LogP contribution in [0.5, 0.6) is 0 Å². The molecule has 23 heavy (non-hydrogen) atoms. The van der Waals surface area contributed by atoms with Gasteiger partial charge in [0.05, 0.1) is 6.54 Å². The SMILES string of the molecule is CCn1ccnc1CN1CCCC(CCc2ccccc2F)C1. The Bertz CT molecular complexity index is 623. The first-order valence-corrected chi connectivity index (χ1v) is 8.72. The average molecular weight is 315 g/mol. The van der Waals surface area contributed by atoms with E-state index in [9.17, 15) is 4.39 Å². The molecule has 1 aliphatic rings. The van der Waals surface area contributed by atoms with Crippen LogP contribution in [0.15, 0.2) is 36.7 Å². The summed E-state index contributed by atoms with van der Waals surface area (Å²) in [4.78, 5) is 6.99. The summed E-state index contributed by atoms with van der Waals surface area (Å²) < 4.78 is 15.9. The summed E-state index contributed by atoms with van der Waals surface area (Å²) >= 11 is 0. The van der Waals surface area contributed by atoms with Crippen LogP contribution in [0, 0.1) is 11.7 Å². The van der Waals surface area contributed by atoms with Crippen LogP contribution >= 0.6 is 0 Å². The third kappa shape index (κ3) is 4.20. The van der Waals surface area contributed by atoms with Crippen molar-refractivity contribution in [1.29, 1.82) is 0 Å². The van der Waals surface area contributed by atoms with Crippen LogP contribution in [0.3, 0.4) is 0 Å². The van der Waals surface area contributed by atoms with Crippen LogP contribution in [0.2, 0.25) is 0 Å². The highest BCUT2D eigenvalue weighted by molar-refractivity contribution is 5.17. The number of aromatic nitrogens is 2. The highest BCUT2D eigenvalue weighted by Gasteiger charge is 2.21. The van der Waals surface area contributed by atoms with Crippen molar-refractivity contribution in [1.82, 2.24) is 14.5 Å². The van der Waals surface area contributed by atoms with Crippen molar-refractivity contribution >= 4 is 0 Å². The molecule has 0 saturated carbocycles. The van der Waals surface area contributed by atoms with Crippen LogP contribution in [-0.4, -0.2) is 27.5 Å². The second-order valence-electron chi connectivity index (χ2n) is 6.50. The molecule has 2 heterocycles. The Kier molecular flexibility index (Phi) is 5.44. The van der Waals surface area contributed by atoms with Crippen molar-refractivity contribution in [3.8, 4) is 0 Å². The number of benzene rings is 1. The number of halogens is 1. The summed E-state index contributed by atoms with van der Waals surface area (Å²) in [5.74, 6) is 1.75. The molecule has 1 unspecified atom stereocenters. The number of likely N-dealkylation sites (tertiary alicyclic amines) is 1. The van der Waals surface area contributed by atoms with Gasteiger partial charge in [0, 0.05) is 25.5 Å². The number of imidazole rings is 1. The van der Waals surface area contributed by atoms with E-state index in [0.29, 0.717) is 5.92 Å². The smallest absolute Gasteiger partial charge is 0.126 e. The van der Waals surface area contributed by atoms with Gasteiger partial charge >= 0.3 is 0 Å². The van der Waals surface area contributed by atoms with Gasteiger partial charge in [-0.25, -0.2) is 9.37 Å². The number of piperidine rings is 1. The first kappa shape index (κ1) is 16.2. The van der Waals surface area contributed by atoms with Gasteiger partial charge in [0.15, 0.2) is 0 Å². The summed E-state index contributed by atoms with van der Waals surface area (Å²) in [6, 6.07) is 7.16. The van der Waals surface area contributed by atoms with Crippen LogP contribution in [0.25, 0.3) is 0 Å². The molecule has 124 valence electrons. The maximum Gasteiger partial charge on any atom is 0.126 e. The maximum atomic E-state index is 13.7. The molecule has 1 saturated heterocycles. The molecule has 3 nitrogen and oxygen atoms in total. The summed E-state index contributed by atoms with van der Waals surface area (Å²) in [7, 11) is 0. The van der Waals surface area contributed by atoms with Crippen molar-refractivity contribution in [2.75, 3.05) is 13.1 Å². The quantitative estimate of drug-likeness (QED) is 0.806. The zero-order chi connectivity index (χ0) is 16.1. The molecule has 4 heteroatoms. The molecule has 0 aliphatic carbocycles. The molecule has 1 atom stereocenters. The number of rotatable bonds is 6. The van der Waals surface area contributed by atoms with Crippen molar-refractivity contribution in [3.05, 3.63) is 53.9 Å². The van der Waals surface area contributed by atoms with Crippen molar-refractivity contribution in [2.24, 2.45) is 5.92 Å². The highest BCUT2D eigenvalue weighted by atomic mass is 19.1. The Labute approximate surface area is 138 Å². The van der Waals surface area contributed by atoms with E-state index < -0.39 is 0 Å². The van der Waals surface area contributed by atoms with E-state index in [0.717, 1.165) is 50.4 Å². The standard InChI is InChI=1S/C19H26FN3/c1-2-23-13-11-21-19(23)15-22-12-5-6-16(14-22)9-10-17-7-3-4-8-18(17)20/h3-4,7-8,11,13,16H,2,5-6,9-10,12,14-15H2,1H3. The minimum Gasteiger partial charge on any atom is -0.334 e. The fourth-order valence-corrected chi connectivity index (χ4v) is 3.57. The van der Waals surface area contributed by atoms with Crippen LogP contribution < -0.4 is 0 Å². The largest absolute Gasteiger partial charge is 0.334 e. The van der Waals surface area contributed by atoms with Gasteiger partial charge in [-0.15, -0.1) is 0 Å². The maximum absolute atomic E-state index is 13.7. The zero-order valence-electron chi connectivity index (χ0n) is 13.9. The summed E-state index contributed by atoms with van der Waals surface area (Å²) in [6.45, 7) is 6.30. The molecular weight excluding hydrogens is 289 g/mol. The second-order valence-corrected chi connectivity index (χ2v) is 6.50. The monoisotopic (exact) mass is 315 g/mol. The lowest BCUT2D eigenvalue weighted by Gasteiger charge is -2.32. The van der Waals surface area contributed by atoms with Gasteiger partial charge in [0.2, 0.25) is 0 Å². The molecule has 1 aromatic heterocycles. The number of hydrogen-bond acceptors (Lipinski definition) is 2. The van der Waals surface area contributed by atoms with E-state index in [1.54, 1.807) is 12.1 Å².